The van der Waals surface area contributed by atoms with Gasteiger partial charge in [0.2, 0.25) is 0 Å². The third-order valence-electron chi connectivity index (χ3n) is 5.84. The molecule has 4 rings (SSSR count). The molecule has 0 bridgehead atoms. The minimum Gasteiger partial charge on any atom is -0.395 e. The molecule has 2 heterocycles. The average Bonchev–Trinajstić information content (AvgIpc) is 3.22. The Labute approximate surface area is 173 Å². The summed E-state index contributed by atoms with van der Waals surface area (Å²) < 4.78 is 0. The average molecular weight is 385 g/mol. The third kappa shape index (κ3) is 4.64. The maximum Gasteiger partial charge on any atom is 0.0630 e. The van der Waals surface area contributed by atoms with Crippen molar-refractivity contribution in [3.8, 4) is 11.1 Å². The van der Waals surface area contributed by atoms with E-state index in [-0.39, 0.29) is 6.61 Å². The molecule has 0 radical (unpaired) electrons. The summed E-state index contributed by atoms with van der Waals surface area (Å²) in [6.07, 6.45) is 8.44. The second kappa shape index (κ2) is 9.17. The molecule has 2 aromatic carbocycles. The van der Waals surface area contributed by atoms with Gasteiger partial charge in [0.15, 0.2) is 0 Å². The van der Waals surface area contributed by atoms with Crippen molar-refractivity contribution in [2.24, 2.45) is 0 Å². The van der Waals surface area contributed by atoms with Gasteiger partial charge in [0.1, 0.15) is 0 Å². The van der Waals surface area contributed by atoms with E-state index in [1.807, 2.05) is 12.3 Å². The molecule has 1 N–H and O–H groups in total. The minimum atomic E-state index is 0.246. The van der Waals surface area contributed by atoms with E-state index >= 15 is 0 Å². The second-order valence-corrected chi connectivity index (χ2v) is 7.76. The first-order chi connectivity index (χ1) is 14.2. The van der Waals surface area contributed by atoms with Crippen molar-refractivity contribution in [1.29, 1.82) is 0 Å². The van der Waals surface area contributed by atoms with E-state index < -0.39 is 0 Å². The molecule has 148 valence electrons. The van der Waals surface area contributed by atoms with Crippen molar-refractivity contribution < 1.29 is 5.11 Å². The number of benzene rings is 2. The van der Waals surface area contributed by atoms with Crippen LogP contribution in [0, 0.1) is 6.92 Å². The van der Waals surface area contributed by atoms with Gasteiger partial charge in [-0.1, -0.05) is 60.7 Å². The number of nitrogens with zero attached hydrogens (tertiary/aromatic N) is 2. The van der Waals surface area contributed by atoms with Crippen molar-refractivity contribution >= 4 is 12.2 Å². The van der Waals surface area contributed by atoms with Gasteiger partial charge in [-0.15, -0.1) is 0 Å². The molecular formula is C26H28N2O. The largest absolute Gasteiger partial charge is 0.395 e. The number of hydrogen-bond acceptors (Lipinski definition) is 3. The lowest BCUT2D eigenvalue weighted by Gasteiger charge is -2.22. The normalized spacial score (nSPS) is 17.2. The van der Waals surface area contributed by atoms with E-state index in [4.69, 9.17) is 0 Å². The summed E-state index contributed by atoms with van der Waals surface area (Å²) in [7, 11) is 0. The summed E-state index contributed by atoms with van der Waals surface area (Å²) in [6, 6.07) is 21.5. The first-order valence-corrected chi connectivity index (χ1v) is 10.4. The summed E-state index contributed by atoms with van der Waals surface area (Å²) in [5.41, 5.74) is 7.14. The van der Waals surface area contributed by atoms with Crippen LogP contribution in [0.5, 0.6) is 0 Å². The Morgan fingerprint density at radius 2 is 1.90 bits per heavy atom. The fourth-order valence-corrected chi connectivity index (χ4v) is 4.11. The lowest BCUT2D eigenvalue weighted by atomic mass is 9.96. The van der Waals surface area contributed by atoms with Crippen LogP contribution in [0.1, 0.15) is 35.2 Å². The molecule has 3 aromatic rings. The number of likely N-dealkylation sites (tertiary alicyclic amines) is 1. The Hall–Kier alpha value is -2.75. The van der Waals surface area contributed by atoms with Crippen LogP contribution in [0.3, 0.4) is 0 Å². The molecular weight excluding hydrogens is 356 g/mol. The third-order valence-corrected chi connectivity index (χ3v) is 5.84. The smallest absolute Gasteiger partial charge is 0.0630 e. The maximum atomic E-state index is 9.48. The Bertz CT molecular complexity index is 964. The van der Waals surface area contributed by atoms with Gasteiger partial charge < -0.3 is 5.11 Å². The summed E-state index contributed by atoms with van der Waals surface area (Å²) >= 11 is 0. The molecule has 0 saturated carbocycles. The van der Waals surface area contributed by atoms with Gasteiger partial charge in [0.05, 0.1) is 12.3 Å². The van der Waals surface area contributed by atoms with Gasteiger partial charge in [0, 0.05) is 18.8 Å². The van der Waals surface area contributed by atoms with Crippen LogP contribution in [0.4, 0.5) is 0 Å². The first kappa shape index (κ1) is 19.6. The van der Waals surface area contributed by atoms with Gasteiger partial charge >= 0.3 is 0 Å². The topological polar surface area (TPSA) is 36.4 Å². The highest BCUT2D eigenvalue weighted by Gasteiger charge is 2.23. The SMILES string of the molecule is Cc1c(C=Cc2ccc(CN3CCCC3CO)cn2)cccc1-c1ccccc1. The van der Waals surface area contributed by atoms with E-state index in [0.29, 0.717) is 6.04 Å². The van der Waals surface area contributed by atoms with Crippen molar-refractivity contribution in [2.75, 3.05) is 13.2 Å². The highest BCUT2D eigenvalue weighted by atomic mass is 16.3. The molecule has 1 fully saturated rings. The number of pyridine rings is 1. The predicted octanol–water partition coefficient (Wildman–Crippen LogP) is 5.18. The monoisotopic (exact) mass is 384 g/mol. The quantitative estimate of drug-likeness (QED) is 0.636. The summed E-state index contributed by atoms with van der Waals surface area (Å²) in [5, 5.41) is 9.48. The van der Waals surface area contributed by atoms with E-state index in [2.05, 4.69) is 83.6 Å². The zero-order chi connectivity index (χ0) is 20.1. The summed E-state index contributed by atoms with van der Waals surface area (Å²) in [5.74, 6) is 0. The second-order valence-electron chi connectivity index (χ2n) is 7.76. The van der Waals surface area contributed by atoms with Crippen molar-refractivity contribution in [3.05, 3.63) is 89.2 Å². The van der Waals surface area contributed by atoms with Crippen molar-refractivity contribution in [2.45, 2.75) is 32.4 Å². The summed E-state index contributed by atoms with van der Waals surface area (Å²) in [4.78, 5) is 6.97. The Morgan fingerprint density at radius 3 is 2.66 bits per heavy atom. The fraction of sp³-hybridized carbons (Fsp3) is 0.269. The zero-order valence-corrected chi connectivity index (χ0v) is 17.0. The number of hydrogen-bond donors (Lipinski definition) is 1. The fourth-order valence-electron chi connectivity index (χ4n) is 4.11. The molecule has 0 amide bonds. The van der Waals surface area contributed by atoms with E-state index in [9.17, 15) is 5.11 Å². The molecule has 0 spiro atoms. The lowest BCUT2D eigenvalue weighted by Crippen LogP contribution is -2.31. The van der Waals surface area contributed by atoms with Crippen LogP contribution in [0.2, 0.25) is 0 Å². The molecule has 0 aliphatic carbocycles. The van der Waals surface area contributed by atoms with Gasteiger partial charge in [-0.25, -0.2) is 0 Å². The standard InChI is InChI=1S/C26H28N2O/c1-20-22(9-5-11-26(20)23-7-3-2-4-8-23)13-15-24-14-12-21(17-27-24)18-28-16-6-10-25(28)19-29/h2-5,7-9,11-15,17,25,29H,6,10,16,18-19H2,1H3. The minimum absolute atomic E-state index is 0.246. The number of rotatable bonds is 6. The van der Waals surface area contributed by atoms with Crippen LogP contribution < -0.4 is 0 Å². The maximum absolute atomic E-state index is 9.48. The Balaban J connectivity index is 1.47. The first-order valence-electron chi connectivity index (χ1n) is 10.4. The molecule has 1 atom stereocenters. The molecule has 3 heteroatoms. The van der Waals surface area contributed by atoms with Crippen molar-refractivity contribution in [1.82, 2.24) is 9.88 Å². The van der Waals surface area contributed by atoms with E-state index in [1.165, 1.54) is 34.2 Å². The van der Waals surface area contributed by atoms with E-state index in [1.54, 1.807) is 0 Å². The Kier molecular flexibility index (Phi) is 6.18. The highest BCUT2D eigenvalue weighted by Crippen LogP contribution is 2.26. The highest BCUT2D eigenvalue weighted by molar-refractivity contribution is 5.76. The molecule has 3 nitrogen and oxygen atoms in total. The van der Waals surface area contributed by atoms with Crippen LogP contribution in [0.15, 0.2) is 66.9 Å². The van der Waals surface area contributed by atoms with Crippen molar-refractivity contribution in [3.63, 3.8) is 0 Å². The molecule has 1 saturated heterocycles. The lowest BCUT2D eigenvalue weighted by molar-refractivity contribution is 0.153. The van der Waals surface area contributed by atoms with Crippen LogP contribution in [0.25, 0.3) is 23.3 Å². The van der Waals surface area contributed by atoms with Crippen LogP contribution >= 0.6 is 0 Å². The van der Waals surface area contributed by atoms with Crippen LogP contribution in [-0.2, 0) is 6.54 Å². The molecule has 29 heavy (non-hydrogen) atoms. The number of aliphatic hydroxyl groups excluding tert-OH is 1. The number of aliphatic hydroxyl groups is 1. The van der Waals surface area contributed by atoms with E-state index in [0.717, 1.165) is 25.2 Å². The van der Waals surface area contributed by atoms with Gasteiger partial charge in [-0.2, -0.15) is 0 Å². The predicted molar refractivity (Wildman–Crippen MR) is 120 cm³/mol. The van der Waals surface area contributed by atoms with Crippen LogP contribution in [-0.4, -0.2) is 34.2 Å². The number of aromatic nitrogens is 1. The molecule has 1 aromatic heterocycles. The molecule has 1 aliphatic rings. The Morgan fingerprint density at radius 1 is 1.03 bits per heavy atom. The summed E-state index contributed by atoms with van der Waals surface area (Å²) in [6.45, 7) is 4.34. The molecule has 1 aliphatic heterocycles. The van der Waals surface area contributed by atoms with Gasteiger partial charge in [-0.05, 0) is 66.3 Å². The van der Waals surface area contributed by atoms with Gasteiger partial charge in [-0.3, -0.25) is 9.88 Å². The zero-order valence-electron chi connectivity index (χ0n) is 17.0. The van der Waals surface area contributed by atoms with Gasteiger partial charge in [0.25, 0.3) is 0 Å². The molecule has 1 unspecified atom stereocenters.